The number of carbonyl (C=O) groups excluding carboxylic acids is 1. The molecule has 0 fully saturated rings. The van der Waals surface area contributed by atoms with E-state index in [9.17, 15) is 17.6 Å². The lowest BCUT2D eigenvalue weighted by molar-refractivity contribution is 0.102. The first-order valence-electron chi connectivity index (χ1n) is 8.89. The highest BCUT2D eigenvalue weighted by atomic mass is 32.2. The maximum absolute atomic E-state index is 13.1. The van der Waals surface area contributed by atoms with Gasteiger partial charge in [-0.2, -0.15) is 0 Å². The summed E-state index contributed by atoms with van der Waals surface area (Å²) in [6.45, 7) is 0.712. The van der Waals surface area contributed by atoms with Crippen molar-refractivity contribution in [3.8, 4) is 0 Å². The van der Waals surface area contributed by atoms with Gasteiger partial charge >= 0.3 is 6.01 Å². The number of sulfonamides is 1. The number of aromatic nitrogens is 2. The van der Waals surface area contributed by atoms with Crippen LogP contribution in [0.5, 0.6) is 0 Å². The maximum Gasteiger partial charge on any atom is 0.322 e. The van der Waals surface area contributed by atoms with Crippen molar-refractivity contribution in [3.05, 3.63) is 72.1 Å². The van der Waals surface area contributed by atoms with E-state index >= 15 is 0 Å². The van der Waals surface area contributed by atoms with Gasteiger partial charge in [-0.3, -0.25) is 14.8 Å². The van der Waals surface area contributed by atoms with Gasteiger partial charge in [-0.15, -0.1) is 5.10 Å². The third-order valence-corrected chi connectivity index (χ3v) is 5.43. The Balaban J connectivity index is 1.53. The van der Waals surface area contributed by atoms with Gasteiger partial charge in [0.25, 0.3) is 21.8 Å². The number of ether oxygens (including phenoxy) is 2. The molecule has 2 heterocycles. The fourth-order valence-corrected chi connectivity index (χ4v) is 3.69. The van der Waals surface area contributed by atoms with Crippen molar-refractivity contribution in [1.29, 1.82) is 0 Å². The zero-order chi connectivity index (χ0) is 21.8. The Morgan fingerprint density at radius 1 is 1.03 bits per heavy atom. The standard InChI is InChI=1S/C19H15FN4O6S/c20-12-5-7-13(8-6-12)31(26,27)24-15-4-2-1-3-14(15)17(25)21-19-23-22-18(30-19)16-11-28-9-10-29-16/h1-8,11,24H,9-10H2,(H,21,23,25). The molecule has 0 aliphatic carbocycles. The fraction of sp³-hybridized carbons (Fsp3) is 0.105. The lowest BCUT2D eigenvalue weighted by Crippen LogP contribution is -2.18. The Labute approximate surface area is 175 Å². The van der Waals surface area contributed by atoms with Gasteiger partial charge < -0.3 is 13.9 Å². The second-order valence-electron chi connectivity index (χ2n) is 6.17. The number of halogens is 1. The van der Waals surface area contributed by atoms with Gasteiger partial charge in [0.2, 0.25) is 5.76 Å². The predicted molar refractivity (Wildman–Crippen MR) is 106 cm³/mol. The van der Waals surface area contributed by atoms with Crippen molar-refractivity contribution in [2.45, 2.75) is 4.90 Å². The van der Waals surface area contributed by atoms with Gasteiger partial charge in [-0.1, -0.05) is 17.2 Å². The van der Waals surface area contributed by atoms with Crippen molar-refractivity contribution in [1.82, 2.24) is 10.2 Å². The summed E-state index contributed by atoms with van der Waals surface area (Å²) >= 11 is 0. The molecule has 1 aliphatic rings. The van der Waals surface area contributed by atoms with Crippen LogP contribution in [0.15, 0.2) is 64.1 Å². The molecule has 0 unspecified atom stereocenters. The predicted octanol–water partition coefficient (Wildman–Crippen LogP) is 2.61. The van der Waals surface area contributed by atoms with Gasteiger partial charge in [-0.25, -0.2) is 12.8 Å². The molecule has 1 aliphatic heterocycles. The smallest absolute Gasteiger partial charge is 0.322 e. The molecule has 1 aromatic heterocycles. The number of anilines is 2. The minimum Gasteiger partial charge on any atom is -0.494 e. The van der Waals surface area contributed by atoms with Crippen molar-refractivity contribution in [2.24, 2.45) is 0 Å². The second kappa shape index (κ2) is 8.44. The lowest BCUT2D eigenvalue weighted by Gasteiger charge is -2.12. The molecular formula is C19H15FN4O6S. The van der Waals surface area contributed by atoms with Gasteiger partial charge in [0.1, 0.15) is 25.3 Å². The largest absolute Gasteiger partial charge is 0.494 e. The zero-order valence-corrected chi connectivity index (χ0v) is 16.6. The van der Waals surface area contributed by atoms with E-state index in [0.717, 1.165) is 24.3 Å². The van der Waals surface area contributed by atoms with E-state index in [2.05, 4.69) is 20.2 Å². The summed E-state index contributed by atoms with van der Waals surface area (Å²) in [4.78, 5) is 12.5. The Hall–Kier alpha value is -3.93. The first-order chi connectivity index (χ1) is 14.9. The third kappa shape index (κ3) is 4.64. The van der Waals surface area contributed by atoms with Crippen LogP contribution in [0, 0.1) is 5.82 Å². The molecule has 0 atom stereocenters. The van der Waals surface area contributed by atoms with E-state index in [1.165, 1.54) is 18.4 Å². The Morgan fingerprint density at radius 3 is 2.55 bits per heavy atom. The van der Waals surface area contributed by atoms with Crippen LogP contribution >= 0.6 is 0 Å². The average molecular weight is 446 g/mol. The summed E-state index contributed by atoms with van der Waals surface area (Å²) in [5.41, 5.74) is 0.0141. The maximum atomic E-state index is 13.1. The molecule has 0 saturated carbocycles. The van der Waals surface area contributed by atoms with Gasteiger partial charge in [0.05, 0.1) is 16.1 Å². The summed E-state index contributed by atoms with van der Waals surface area (Å²) in [5, 5.41) is 9.89. The summed E-state index contributed by atoms with van der Waals surface area (Å²) in [6, 6.07) is 10.00. The number of benzene rings is 2. The molecule has 0 bridgehead atoms. The van der Waals surface area contributed by atoms with Gasteiger partial charge in [0.15, 0.2) is 0 Å². The molecular weight excluding hydrogens is 431 g/mol. The molecule has 2 N–H and O–H groups in total. The fourth-order valence-electron chi connectivity index (χ4n) is 2.61. The number of amides is 1. The highest BCUT2D eigenvalue weighted by Gasteiger charge is 2.21. The topological polar surface area (TPSA) is 133 Å². The third-order valence-electron chi connectivity index (χ3n) is 4.05. The minimum absolute atomic E-state index is 0.00408. The molecule has 0 spiro atoms. The number of rotatable bonds is 6. The van der Waals surface area contributed by atoms with Crippen molar-refractivity contribution in [2.75, 3.05) is 23.3 Å². The minimum atomic E-state index is -4.06. The number of hydrogen-bond acceptors (Lipinski definition) is 8. The molecule has 12 heteroatoms. The molecule has 31 heavy (non-hydrogen) atoms. The SMILES string of the molecule is O=C(Nc1nnc(C2=COCCO2)o1)c1ccccc1NS(=O)(=O)c1ccc(F)cc1. The Bertz CT molecular complexity index is 1240. The highest BCUT2D eigenvalue weighted by Crippen LogP contribution is 2.23. The van der Waals surface area contributed by atoms with Crippen LogP contribution in [-0.4, -0.2) is 37.7 Å². The first-order valence-corrected chi connectivity index (χ1v) is 10.4. The molecule has 1 amide bonds. The van der Waals surface area contributed by atoms with E-state index in [-0.39, 0.29) is 33.8 Å². The Kier molecular flexibility index (Phi) is 5.54. The molecule has 4 rings (SSSR count). The average Bonchev–Trinajstić information content (AvgIpc) is 3.23. The van der Waals surface area contributed by atoms with E-state index in [4.69, 9.17) is 13.9 Å². The second-order valence-corrected chi connectivity index (χ2v) is 7.86. The first kappa shape index (κ1) is 20.3. The monoisotopic (exact) mass is 446 g/mol. The molecule has 0 saturated heterocycles. The number of hydrogen-bond donors (Lipinski definition) is 2. The van der Waals surface area contributed by atoms with E-state index in [0.29, 0.717) is 13.2 Å². The molecule has 160 valence electrons. The molecule has 10 nitrogen and oxygen atoms in total. The van der Waals surface area contributed by atoms with Gasteiger partial charge in [-0.05, 0) is 36.4 Å². The van der Waals surface area contributed by atoms with Crippen LogP contribution in [0.4, 0.5) is 16.1 Å². The molecule has 2 aromatic carbocycles. The lowest BCUT2D eigenvalue weighted by atomic mass is 10.2. The van der Waals surface area contributed by atoms with E-state index < -0.39 is 21.7 Å². The molecule has 3 aromatic rings. The number of carbonyl (C=O) groups is 1. The van der Waals surface area contributed by atoms with Crippen LogP contribution in [-0.2, 0) is 19.5 Å². The highest BCUT2D eigenvalue weighted by molar-refractivity contribution is 7.92. The summed E-state index contributed by atoms with van der Waals surface area (Å²) in [5.74, 6) is -1.02. The van der Waals surface area contributed by atoms with Crippen LogP contribution in [0.1, 0.15) is 16.2 Å². The normalized spacial score (nSPS) is 13.5. The van der Waals surface area contributed by atoms with Crippen LogP contribution in [0.2, 0.25) is 0 Å². The van der Waals surface area contributed by atoms with Gasteiger partial charge in [0, 0.05) is 0 Å². The van der Waals surface area contributed by atoms with Crippen LogP contribution in [0.3, 0.4) is 0 Å². The van der Waals surface area contributed by atoms with Crippen molar-refractivity contribution < 1.29 is 31.5 Å². The number of nitrogens with one attached hydrogen (secondary N) is 2. The van der Waals surface area contributed by atoms with E-state index in [1.807, 2.05) is 0 Å². The van der Waals surface area contributed by atoms with E-state index in [1.54, 1.807) is 12.1 Å². The Morgan fingerprint density at radius 2 is 1.81 bits per heavy atom. The number of nitrogens with zero attached hydrogens (tertiary/aromatic N) is 2. The summed E-state index contributed by atoms with van der Waals surface area (Å²) < 4.78 is 56.4. The van der Waals surface area contributed by atoms with Crippen LogP contribution < -0.4 is 10.0 Å². The van der Waals surface area contributed by atoms with Crippen molar-refractivity contribution >= 4 is 33.4 Å². The summed E-state index contributed by atoms with van der Waals surface area (Å²) in [6.07, 6.45) is 1.32. The zero-order valence-electron chi connectivity index (χ0n) is 15.7. The number of para-hydroxylation sites is 1. The molecule has 0 radical (unpaired) electrons. The quantitative estimate of drug-likeness (QED) is 0.590. The summed E-state index contributed by atoms with van der Waals surface area (Å²) in [7, 11) is -4.06. The van der Waals surface area contributed by atoms with Crippen LogP contribution in [0.25, 0.3) is 5.76 Å². The van der Waals surface area contributed by atoms with Crippen molar-refractivity contribution in [3.63, 3.8) is 0 Å².